The van der Waals surface area contributed by atoms with Crippen LogP contribution in [-0.4, -0.2) is 5.54 Å². The highest BCUT2D eigenvalue weighted by Crippen LogP contribution is 2.14. The molecule has 1 heteroatoms. The number of nitrogens with two attached hydrogens (primary N) is 1. The van der Waals surface area contributed by atoms with Crippen LogP contribution in [0.4, 0.5) is 0 Å². The van der Waals surface area contributed by atoms with Crippen molar-refractivity contribution in [3.63, 3.8) is 0 Å². The molecular formula is C15H15N. The second-order valence-electron chi connectivity index (χ2n) is 4.53. The fourth-order valence-corrected chi connectivity index (χ4v) is 1.50. The normalized spacial score (nSPS) is 10.9. The lowest BCUT2D eigenvalue weighted by Gasteiger charge is -2.07. The molecule has 0 aromatic heterocycles. The molecule has 16 heavy (non-hydrogen) atoms. The van der Waals surface area contributed by atoms with E-state index < -0.39 is 5.54 Å². The van der Waals surface area contributed by atoms with Gasteiger partial charge in [-0.15, -0.1) is 0 Å². The Bertz CT molecular complexity index is 565. The van der Waals surface area contributed by atoms with E-state index in [4.69, 9.17) is 5.73 Å². The molecule has 2 aromatic carbocycles. The zero-order valence-corrected chi connectivity index (χ0v) is 9.62. The van der Waals surface area contributed by atoms with Crippen LogP contribution in [0.5, 0.6) is 0 Å². The van der Waals surface area contributed by atoms with E-state index in [1.807, 2.05) is 32.0 Å². The Labute approximate surface area is 96.3 Å². The Kier molecular flexibility index (Phi) is 2.68. The molecule has 0 aliphatic carbocycles. The lowest BCUT2D eigenvalue weighted by atomic mass is 10.0. The highest BCUT2D eigenvalue weighted by atomic mass is 14.7. The summed E-state index contributed by atoms with van der Waals surface area (Å²) in [6.45, 7) is 3.81. The average Bonchev–Trinajstić information content (AvgIpc) is 2.25. The molecular weight excluding hydrogens is 194 g/mol. The van der Waals surface area contributed by atoms with Crippen molar-refractivity contribution in [2.75, 3.05) is 0 Å². The molecule has 2 aromatic rings. The molecule has 0 aliphatic rings. The number of fused-ring (bicyclic) bond motifs is 1. The van der Waals surface area contributed by atoms with Crippen LogP contribution < -0.4 is 5.73 Å². The zero-order chi connectivity index (χ0) is 11.6. The van der Waals surface area contributed by atoms with Gasteiger partial charge in [0.2, 0.25) is 0 Å². The van der Waals surface area contributed by atoms with Crippen molar-refractivity contribution in [3.05, 3.63) is 48.0 Å². The minimum absolute atomic E-state index is 0.439. The van der Waals surface area contributed by atoms with Gasteiger partial charge in [-0.2, -0.15) is 0 Å². The van der Waals surface area contributed by atoms with E-state index in [2.05, 4.69) is 36.1 Å². The van der Waals surface area contributed by atoms with E-state index in [-0.39, 0.29) is 0 Å². The fourth-order valence-electron chi connectivity index (χ4n) is 1.50. The molecule has 80 valence electrons. The van der Waals surface area contributed by atoms with Crippen molar-refractivity contribution in [1.82, 2.24) is 0 Å². The Morgan fingerprint density at radius 2 is 1.69 bits per heavy atom. The fraction of sp³-hybridized carbons (Fsp3) is 0.200. The van der Waals surface area contributed by atoms with Crippen molar-refractivity contribution in [1.29, 1.82) is 0 Å². The van der Waals surface area contributed by atoms with E-state index >= 15 is 0 Å². The highest BCUT2D eigenvalue weighted by Gasteiger charge is 2.03. The van der Waals surface area contributed by atoms with Gasteiger partial charge < -0.3 is 5.73 Å². The first-order chi connectivity index (χ1) is 7.54. The molecule has 0 unspecified atom stereocenters. The molecule has 0 spiro atoms. The van der Waals surface area contributed by atoms with Crippen molar-refractivity contribution in [2.45, 2.75) is 19.4 Å². The van der Waals surface area contributed by atoms with Gasteiger partial charge in [0, 0.05) is 5.56 Å². The van der Waals surface area contributed by atoms with Gasteiger partial charge in [-0.3, -0.25) is 0 Å². The molecule has 0 aliphatic heterocycles. The maximum Gasteiger partial charge on any atom is 0.0722 e. The Morgan fingerprint density at radius 3 is 2.38 bits per heavy atom. The Morgan fingerprint density at radius 1 is 1.00 bits per heavy atom. The summed E-state index contributed by atoms with van der Waals surface area (Å²) in [5, 5.41) is 2.45. The lowest BCUT2D eigenvalue weighted by Crippen LogP contribution is -2.29. The van der Waals surface area contributed by atoms with E-state index in [0.29, 0.717) is 0 Å². The van der Waals surface area contributed by atoms with Crippen LogP contribution in [0, 0.1) is 11.8 Å². The summed E-state index contributed by atoms with van der Waals surface area (Å²) < 4.78 is 0. The van der Waals surface area contributed by atoms with E-state index in [1.54, 1.807) is 0 Å². The van der Waals surface area contributed by atoms with Gasteiger partial charge in [-0.25, -0.2) is 0 Å². The van der Waals surface area contributed by atoms with E-state index in [0.717, 1.165) is 5.56 Å². The highest BCUT2D eigenvalue weighted by molar-refractivity contribution is 5.83. The van der Waals surface area contributed by atoms with Gasteiger partial charge in [0.25, 0.3) is 0 Å². The predicted molar refractivity (Wildman–Crippen MR) is 69.1 cm³/mol. The maximum atomic E-state index is 5.82. The number of hydrogen-bond donors (Lipinski definition) is 1. The third-order valence-electron chi connectivity index (χ3n) is 2.28. The van der Waals surface area contributed by atoms with Crippen LogP contribution in [0.25, 0.3) is 10.8 Å². The van der Waals surface area contributed by atoms with Crippen LogP contribution in [0.2, 0.25) is 0 Å². The second-order valence-corrected chi connectivity index (χ2v) is 4.53. The average molecular weight is 209 g/mol. The molecule has 0 radical (unpaired) electrons. The first-order valence-electron chi connectivity index (χ1n) is 5.35. The number of rotatable bonds is 0. The molecule has 2 N–H and O–H groups in total. The summed E-state index contributed by atoms with van der Waals surface area (Å²) in [5.74, 6) is 6.13. The summed E-state index contributed by atoms with van der Waals surface area (Å²) in [6, 6.07) is 14.5. The topological polar surface area (TPSA) is 26.0 Å². The van der Waals surface area contributed by atoms with Gasteiger partial charge in [-0.1, -0.05) is 42.2 Å². The second kappa shape index (κ2) is 4.00. The molecule has 0 saturated heterocycles. The quantitative estimate of drug-likeness (QED) is 0.663. The Balaban J connectivity index is 2.43. The minimum Gasteiger partial charge on any atom is -0.316 e. The monoisotopic (exact) mass is 209 g/mol. The molecule has 2 rings (SSSR count). The largest absolute Gasteiger partial charge is 0.316 e. The summed E-state index contributed by atoms with van der Waals surface area (Å²) >= 11 is 0. The van der Waals surface area contributed by atoms with E-state index in [1.165, 1.54) is 10.8 Å². The molecule has 0 heterocycles. The molecule has 1 nitrogen and oxygen atoms in total. The predicted octanol–water partition coefficient (Wildman–Crippen LogP) is 2.93. The van der Waals surface area contributed by atoms with Crippen molar-refractivity contribution < 1.29 is 0 Å². The summed E-state index contributed by atoms with van der Waals surface area (Å²) in [6.07, 6.45) is 0. The van der Waals surface area contributed by atoms with Crippen LogP contribution in [0.1, 0.15) is 19.4 Å². The van der Waals surface area contributed by atoms with Crippen LogP contribution >= 0.6 is 0 Å². The van der Waals surface area contributed by atoms with E-state index in [9.17, 15) is 0 Å². The molecule has 0 bridgehead atoms. The maximum absolute atomic E-state index is 5.82. The van der Waals surface area contributed by atoms with Gasteiger partial charge in [0.15, 0.2) is 0 Å². The van der Waals surface area contributed by atoms with Gasteiger partial charge in [-0.05, 0) is 36.8 Å². The van der Waals surface area contributed by atoms with Crippen molar-refractivity contribution >= 4 is 10.8 Å². The van der Waals surface area contributed by atoms with Gasteiger partial charge in [0.05, 0.1) is 5.54 Å². The SMILES string of the molecule is CC(C)(N)C#Cc1ccc2ccccc2c1. The van der Waals surface area contributed by atoms with Crippen molar-refractivity contribution in [3.8, 4) is 11.8 Å². The summed E-state index contributed by atoms with van der Waals surface area (Å²) in [4.78, 5) is 0. The number of benzene rings is 2. The molecule has 0 atom stereocenters. The van der Waals surface area contributed by atoms with Gasteiger partial charge in [0.1, 0.15) is 0 Å². The zero-order valence-electron chi connectivity index (χ0n) is 9.62. The van der Waals surface area contributed by atoms with Crippen LogP contribution in [-0.2, 0) is 0 Å². The van der Waals surface area contributed by atoms with Crippen molar-refractivity contribution in [2.24, 2.45) is 5.73 Å². The summed E-state index contributed by atoms with van der Waals surface area (Å²) in [5.41, 5.74) is 6.39. The number of hydrogen-bond acceptors (Lipinski definition) is 1. The van der Waals surface area contributed by atoms with Crippen LogP contribution in [0.15, 0.2) is 42.5 Å². The smallest absolute Gasteiger partial charge is 0.0722 e. The lowest BCUT2D eigenvalue weighted by molar-refractivity contribution is 0.680. The van der Waals surface area contributed by atoms with Gasteiger partial charge >= 0.3 is 0 Å². The van der Waals surface area contributed by atoms with Crippen LogP contribution in [0.3, 0.4) is 0 Å². The molecule has 0 amide bonds. The third-order valence-corrected chi connectivity index (χ3v) is 2.28. The Hall–Kier alpha value is -1.78. The standard InChI is InChI=1S/C15H15N/c1-15(2,16)10-9-12-7-8-13-5-3-4-6-14(13)11-12/h3-8,11H,16H2,1-2H3. The summed E-state index contributed by atoms with van der Waals surface area (Å²) in [7, 11) is 0. The first kappa shape index (κ1) is 10.7. The first-order valence-corrected chi connectivity index (χ1v) is 5.35. The molecule has 0 fully saturated rings. The molecule has 0 saturated carbocycles. The third kappa shape index (κ3) is 2.62. The minimum atomic E-state index is -0.439.